The molecule has 3 amide bonds. The Bertz CT molecular complexity index is 654. The van der Waals surface area contributed by atoms with E-state index in [-0.39, 0.29) is 11.9 Å². The normalized spacial score (nSPS) is 16.0. The minimum Gasteiger partial charge on any atom is -0.336 e. The van der Waals surface area contributed by atoms with Crippen LogP contribution >= 0.6 is 23.1 Å². The first-order valence-corrected chi connectivity index (χ1v) is 8.13. The van der Waals surface area contributed by atoms with Gasteiger partial charge in [0.2, 0.25) is 11.1 Å². The van der Waals surface area contributed by atoms with Gasteiger partial charge in [-0.2, -0.15) is 0 Å². The predicted molar refractivity (Wildman–Crippen MR) is 80.1 cm³/mol. The summed E-state index contributed by atoms with van der Waals surface area (Å²) >= 11 is 2.80. The standard InChI is InChI=1S/C12H13N5O2S2/c1-7(10(18)17-5-4-13-12(17)19)21-11-14-9(15-16-11)8-3-2-6-20-8/h2-3,6-7H,4-5H2,1H3,(H,13,19)(H,14,15,16)/t7-/m1/s1. The molecule has 0 radical (unpaired) electrons. The van der Waals surface area contributed by atoms with Crippen LogP contribution in [0.3, 0.4) is 0 Å². The van der Waals surface area contributed by atoms with Gasteiger partial charge in [-0.25, -0.2) is 9.78 Å². The molecule has 1 saturated heterocycles. The highest BCUT2D eigenvalue weighted by molar-refractivity contribution is 8.00. The monoisotopic (exact) mass is 323 g/mol. The number of carbonyl (C=O) groups excluding carboxylic acids is 2. The summed E-state index contributed by atoms with van der Waals surface area (Å²) in [6.45, 7) is 2.67. The Hall–Kier alpha value is -1.87. The number of nitrogens with one attached hydrogen (secondary N) is 2. The molecule has 2 aromatic heterocycles. The summed E-state index contributed by atoms with van der Waals surface area (Å²) in [6.07, 6.45) is 0. The third-order valence-corrected chi connectivity index (χ3v) is 4.80. The molecule has 0 bridgehead atoms. The average Bonchev–Trinajstić information content (AvgIpc) is 3.17. The van der Waals surface area contributed by atoms with Crippen molar-refractivity contribution in [3.8, 4) is 10.7 Å². The van der Waals surface area contributed by atoms with E-state index in [1.807, 2.05) is 17.5 Å². The highest BCUT2D eigenvalue weighted by Crippen LogP contribution is 2.26. The molecule has 0 aromatic carbocycles. The number of nitrogens with zero attached hydrogens (tertiary/aromatic N) is 3. The zero-order chi connectivity index (χ0) is 14.8. The number of aromatic nitrogens is 3. The van der Waals surface area contributed by atoms with E-state index in [2.05, 4.69) is 20.5 Å². The molecule has 2 N–H and O–H groups in total. The van der Waals surface area contributed by atoms with E-state index in [1.54, 1.807) is 18.3 Å². The fourth-order valence-corrected chi connectivity index (χ4v) is 3.38. The van der Waals surface area contributed by atoms with Crippen LogP contribution in [0, 0.1) is 0 Å². The highest BCUT2D eigenvalue weighted by atomic mass is 32.2. The van der Waals surface area contributed by atoms with Crippen LogP contribution in [0.2, 0.25) is 0 Å². The maximum absolute atomic E-state index is 12.2. The largest absolute Gasteiger partial charge is 0.336 e. The van der Waals surface area contributed by atoms with Crippen LogP contribution in [-0.2, 0) is 4.79 Å². The molecule has 7 nitrogen and oxygen atoms in total. The van der Waals surface area contributed by atoms with Gasteiger partial charge in [0.25, 0.3) is 0 Å². The Morgan fingerprint density at radius 3 is 3.10 bits per heavy atom. The van der Waals surface area contributed by atoms with Gasteiger partial charge in [-0.15, -0.1) is 16.4 Å². The molecule has 1 aliphatic rings. The highest BCUT2D eigenvalue weighted by Gasteiger charge is 2.30. The summed E-state index contributed by atoms with van der Waals surface area (Å²) in [6, 6.07) is 3.55. The number of amides is 3. The maximum Gasteiger partial charge on any atom is 0.324 e. The lowest BCUT2D eigenvalue weighted by molar-refractivity contribution is -0.126. The van der Waals surface area contributed by atoms with Crippen LogP contribution in [0.1, 0.15) is 6.92 Å². The lowest BCUT2D eigenvalue weighted by Gasteiger charge is -2.15. The SMILES string of the molecule is C[C@@H](Sc1n[nH]c(-c2cccs2)n1)C(=O)N1CCNC1=O. The summed E-state index contributed by atoms with van der Waals surface area (Å²) in [5.41, 5.74) is 0. The summed E-state index contributed by atoms with van der Waals surface area (Å²) in [5.74, 6) is 0.462. The first-order chi connectivity index (χ1) is 10.1. The fourth-order valence-electron chi connectivity index (χ4n) is 1.93. The average molecular weight is 323 g/mol. The van der Waals surface area contributed by atoms with Gasteiger partial charge < -0.3 is 5.32 Å². The lowest BCUT2D eigenvalue weighted by atomic mass is 10.4. The van der Waals surface area contributed by atoms with Gasteiger partial charge in [0.15, 0.2) is 5.82 Å². The Kier molecular flexibility index (Phi) is 3.93. The summed E-state index contributed by atoms with van der Waals surface area (Å²) in [7, 11) is 0. The number of urea groups is 1. The van der Waals surface area contributed by atoms with Gasteiger partial charge in [0, 0.05) is 13.1 Å². The van der Waals surface area contributed by atoms with Gasteiger partial charge in [0.05, 0.1) is 10.1 Å². The summed E-state index contributed by atoms with van der Waals surface area (Å²) in [4.78, 5) is 30.2. The van der Waals surface area contributed by atoms with Crippen molar-refractivity contribution in [1.29, 1.82) is 0 Å². The minimum atomic E-state index is -0.416. The smallest absolute Gasteiger partial charge is 0.324 e. The minimum absolute atomic E-state index is 0.225. The van der Waals surface area contributed by atoms with E-state index < -0.39 is 5.25 Å². The topological polar surface area (TPSA) is 91.0 Å². The number of thioether (sulfide) groups is 1. The van der Waals surface area contributed by atoms with E-state index in [4.69, 9.17) is 0 Å². The van der Waals surface area contributed by atoms with Gasteiger partial charge in [0.1, 0.15) is 0 Å². The van der Waals surface area contributed by atoms with Gasteiger partial charge in [-0.1, -0.05) is 17.8 Å². The zero-order valence-corrected chi connectivity index (χ0v) is 12.8. The molecule has 2 aromatic rings. The molecule has 21 heavy (non-hydrogen) atoms. The molecule has 3 rings (SSSR count). The van der Waals surface area contributed by atoms with E-state index in [1.165, 1.54) is 16.7 Å². The molecule has 0 unspecified atom stereocenters. The Balaban J connectivity index is 1.66. The number of rotatable bonds is 4. The van der Waals surface area contributed by atoms with Crippen LogP contribution in [0.4, 0.5) is 4.79 Å². The van der Waals surface area contributed by atoms with Crippen molar-refractivity contribution in [2.45, 2.75) is 17.3 Å². The number of hydrogen-bond donors (Lipinski definition) is 2. The number of aromatic amines is 1. The third kappa shape index (κ3) is 2.93. The second kappa shape index (κ2) is 5.86. The van der Waals surface area contributed by atoms with Crippen LogP contribution in [0.25, 0.3) is 10.7 Å². The van der Waals surface area contributed by atoms with Crippen LogP contribution in [0.15, 0.2) is 22.7 Å². The number of imide groups is 1. The van der Waals surface area contributed by atoms with E-state index in [9.17, 15) is 9.59 Å². The molecule has 9 heteroatoms. The number of hydrogen-bond acceptors (Lipinski definition) is 6. The van der Waals surface area contributed by atoms with Crippen molar-refractivity contribution >= 4 is 35.0 Å². The van der Waals surface area contributed by atoms with Gasteiger partial charge in [-0.05, 0) is 18.4 Å². The number of thiophene rings is 1. The van der Waals surface area contributed by atoms with Gasteiger partial charge in [-0.3, -0.25) is 14.8 Å². The molecular formula is C12H13N5O2S2. The van der Waals surface area contributed by atoms with Crippen LogP contribution < -0.4 is 5.32 Å². The van der Waals surface area contributed by atoms with E-state index >= 15 is 0 Å². The quantitative estimate of drug-likeness (QED) is 0.833. The third-order valence-electron chi connectivity index (χ3n) is 2.97. The van der Waals surface area contributed by atoms with E-state index in [0.29, 0.717) is 24.1 Å². The number of carbonyl (C=O) groups is 2. The Labute approximate surface area is 129 Å². The van der Waals surface area contributed by atoms with Crippen molar-refractivity contribution in [1.82, 2.24) is 25.4 Å². The fraction of sp³-hybridized carbons (Fsp3) is 0.333. The van der Waals surface area contributed by atoms with Crippen molar-refractivity contribution in [2.24, 2.45) is 0 Å². The molecule has 0 spiro atoms. The molecule has 3 heterocycles. The first kappa shape index (κ1) is 14.1. The summed E-state index contributed by atoms with van der Waals surface area (Å²) < 4.78 is 0. The van der Waals surface area contributed by atoms with Gasteiger partial charge >= 0.3 is 6.03 Å². The molecular weight excluding hydrogens is 310 g/mol. The van der Waals surface area contributed by atoms with Crippen molar-refractivity contribution < 1.29 is 9.59 Å². The first-order valence-electron chi connectivity index (χ1n) is 6.37. The Morgan fingerprint density at radius 2 is 2.43 bits per heavy atom. The lowest BCUT2D eigenvalue weighted by Crippen LogP contribution is -2.38. The molecule has 1 atom stereocenters. The van der Waals surface area contributed by atoms with Crippen molar-refractivity contribution in [3.05, 3.63) is 17.5 Å². The van der Waals surface area contributed by atoms with Crippen LogP contribution in [0.5, 0.6) is 0 Å². The second-order valence-corrected chi connectivity index (χ2v) is 6.68. The molecule has 0 aliphatic carbocycles. The Morgan fingerprint density at radius 1 is 1.57 bits per heavy atom. The zero-order valence-electron chi connectivity index (χ0n) is 11.2. The predicted octanol–water partition coefficient (Wildman–Crippen LogP) is 1.57. The molecule has 1 fully saturated rings. The van der Waals surface area contributed by atoms with Crippen molar-refractivity contribution in [3.63, 3.8) is 0 Å². The van der Waals surface area contributed by atoms with Crippen LogP contribution in [-0.4, -0.2) is 50.4 Å². The van der Waals surface area contributed by atoms with Crippen molar-refractivity contribution in [2.75, 3.05) is 13.1 Å². The number of H-pyrrole nitrogens is 1. The molecule has 1 aliphatic heterocycles. The molecule has 0 saturated carbocycles. The second-order valence-electron chi connectivity index (χ2n) is 4.43. The summed E-state index contributed by atoms with van der Waals surface area (Å²) in [5, 5.41) is 11.6. The molecule has 110 valence electrons. The van der Waals surface area contributed by atoms with E-state index in [0.717, 1.165) is 4.88 Å². The maximum atomic E-state index is 12.2.